The molecular formula is C22H24BrNO4. The topological polar surface area (TPSA) is 55.8 Å². The zero-order valence-corrected chi connectivity index (χ0v) is 17.3. The van der Waals surface area contributed by atoms with E-state index in [-0.39, 0.29) is 41.6 Å². The lowest BCUT2D eigenvalue weighted by Gasteiger charge is -2.35. The van der Waals surface area contributed by atoms with Gasteiger partial charge in [0.2, 0.25) is 0 Å². The van der Waals surface area contributed by atoms with Crippen LogP contribution >= 0.6 is 15.9 Å². The molecule has 1 amide bonds. The summed E-state index contributed by atoms with van der Waals surface area (Å²) in [4.78, 5) is 28.6. The molecule has 148 valence electrons. The fourth-order valence-electron chi connectivity index (χ4n) is 5.11. The van der Waals surface area contributed by atoms with E-state index in [0.29, 0.717) is 12.1 Å². The molecule has 1 aromatic carbocycles. The van der Waals surface area contributed by atoms with Crippen molar-refractivity contribution in [1.29, 1.82) is 0 Å². The Hall–Kier alpha value is -1.66. The molecule has 1 saturated carbocycles. The van der Waals surface area contributed by atoms with E-state index in [4.69, 9.17) is 9.47 Å². The summed E-state index contributed by atoms with van der Waals surface area (Å²) in [6, 6.07) is 7.50. The highest BCUT2D eigenvalue weighted by Crippen LogP contribution is 2.47. The van der Waals surface area contributed by atoms with Crippen molar-refractivity contribution in [2.45, 2.75) is 56.8 Å². The van der Waals surface area contributed by atoms with Crippen LogP contribution in [0.2, 0.25) is 0 Å². The van der Waals surface area contributed by atoms with Gasteiger partial charge in [-0.3, -0.25) is 9.59 Å². The molecule has 0 N–H and O–H groups in total. The Morgan fingerprint density at radius 3 is 2.75 bits per heavy atom. The van der Waals surface area contributed by atoms with Crippen LogP contribution in [0.5, 0.6) is 0 Å². The number of hydrogen-bond donors (Lipinski definition) is 0. The number of carbonyl (C=O) groups is 2. The lowest BCUT2D eigenvalue weighted by Crippen LogP contribution is -2.39. The number of benzene rings is 1. The van der Waals surface area contributed by atoms with Gasteiger partial charge in [0.1, 0.15) is 6.10 Å². The van der Waals surface area contributed by atoms with E-state index >= 15 is 0 Å². The predicted octanol–water partition coefficient (Wildman–Crippen LogP) is 3.92. The summed E-state index contributed by atoms with van der Waals surface area (Å²) in [5.74, 6) is 0.126. The van der Waals surface area contributed by atoms with Gasteiger partial charge >= 0.3 is 0 Å². The van der Waals surface area contributed by atoms with Gasteiger partial charge in [-0.15, -0.1) is 0 Å². The number of hydrogen-bond acceptors (Lipinski definition) is 4. The standard InChI is InChI=1S/C22H24BrNO4/c23-14-6-3-5-13(11-14)19-18-20(25)16-8-1-2-9-17(16)28-21(18)22(26)24(19)12-15-7-4-10-27-15/h3,5-6,11,15-17,19H,1-2,4,7-10,12H2. The molecule has 4 unspecified atom stereocenters. The summed E-state index contributed by atoms with van der Waals surface area (Å²) in [6.07, 6.45) is 5.65. The van der Waals surface area contributed by atoms with Crippen molar-refractivity contribution in [3.8, 4) is 0 Å². The highest BCUT2D eigenvalue weighted by atomic mass is 79.9. The number of amides is 1. The molecule has 3 heterocycles. The van der Waals surface area contributed by atoms with Gasteiger partial charge in [-0.1, -0.05) is 34.5 Å². The molecule has 0 bridgehead atoms. The van der Waals surface area contributed by atoms with E-state index in [2.05, 4.69) is 15.9 Å². The second-order valence-corrected chi connectivity index (χ2v) is 9.12. The van der Waals surface area contributed by atoms with Crippen LogP contribution in [-0.2, 0) is 19.1 Å². The number of ketones is 1. The zero-order valence-electron chi connectivity index (χ0n) is 15.7. The summed E-state index contributed by atoms with van der Waals surface area (Å²) < 4.78 is 12.9. The molecule has 0 radical (unpaired) electrons. The van der Waals surface area contributed by atoms with Gasteiger partial charge in [-0.2, -0.15) is 0 Å². The van der Waals surface area contributed by atoms with Crippen molar-refractivity contribution in [1.82, 2.24) is 4.90 Å². The van der Waals surface area contributed by atoms with Crippen LogP contribution in [0, 0.1) is 5.92 Å². The fraction of sp³-hybridized carbons (Fsp3) is 0.545. The summed E-state index contributed by atoms with van der Waals surface area (Å²) in [5, 5.41) is 0. The third-order valence-electron chi connectivity index (χ3n) is 6.45. The second kappa shape index (κ2) is 7.30. The van der Waals surface area contributed by atoms with Crippen LogP contribution in [0.3, 0.4) is 0 Å². The van der Waals surface area contributed by atoms with Crippen molar-refractivity contribution in [2.75, 3.05) is 13.2 Å². The molecule has 4 aliphatic rings. The number of carbonyl (C=O) groups excluding carboxylic acids is 2. The molecule has 4 atom stereocenters. The molecule has 5 rings (SSSR count). The summed E-state index contributed by atoms with van der Waals surface area (Å²) in [5.41, 5.74) is 1.50. The first-order chi connectivity index (χ1) is 13.6. The number of ether oxygens (including phenoxy) is 2. The normalized spacial score (nSPS) is 32.4. The SMILES string of the molecule is O=C1C2=C(OC3CCCCC13)C(=O)N(CC1CCCO1)C2c1cccc(Br)c1. The lowest BCUT2D eigenvalue weighted by atomic mass is 9.77. The first-order valence-corrected chi connectivity index (χ1v) is 11.1. The predicted molar refractivity (Wildman–Crippen MR) is 106 cm³/mol. The van der Waals surface area contributed by atoms with E-state index in [0.717, 1.165) is 55.2 Å². The first-order valence-electron chi connectivity index (χ1n) is 10.3. The summed E-state index contributed by atoms with van der Waals surface area (Å²) >= 11 is 3.53. The average Bonchev–Trinajstić information content (AvgIpc) is 3.30. The van der Waals surface area contributed by atoms with Gasteiger partial charge in [-0.25, -0.2) is 0 Å². The highest BCUT2D eigenvalue weighted by Gasteiger charge is 2.52. The Labute approximate surface area is 173 Å². The zero-order chi connectivity index (χ0) is 19.3. The monoisotopic (exact) mass is 445 g/mol. The van der Waals surface area contributed by atoms with Crippen molar-refractivity contribution < 1.29 is 19.1 Å². The number of halogens is 1. The van der Waals surface area contributed by atoms with Gasteiger partial charge < -0.3 is 14.4 Å². The molecular weight excluding hydrogens is 422 g/mol. The molecule has 1 aliphatic carbocycles. The minimum atomic E-state index is -0.389. The maximum absolute atomic E-state index is 13.5. The molecule has 2 fully saturated rings. The lowest BCUT2D eigenvalue weighted by molar-refractivity contribution is -0.136. The molecule has 3 aliphatic heterocycles. The molecule has 1 saturated heterocycles. The Balaban J connectivity index is 1.56. The fourth-order valence-corrected chi connectivity index (χ4v) is 5.53. The Morgan fingerprint density at radius 1 is 1.11 bits per heavy atom. The Bertz CT molecular complexity index is 845. The molecule has 5 nitrogen and oxygen atoms in total. The van der Waals surface area contributed by atoms with E-state index in [1.165, 1.54) is 0 Å². The number of nitrogens with zero attached hydrogens (tertiary/aromatic N) is 1. The summed E-state index contributed by atoms with van der Waals surface area (Å²) in [7, 11) is 0. The van der Waals surface area contributed by atoms with Gasteiger partial charge in [-0.05, 0) is 49.8 Å². The van der Waals surface area contributed by atoms with Crippen molar-refractivity contribution in [3.63, 3.8) is 0 Å². The van der Waals surface area contributed by atoms with Crippen LogP contribution < -0.4 is 0 Å². The minimum Gasteiger partial charge on any atom is -0.483 e. The number of rotatable bonds is 3. The van der Waals surface area contributed by atoms with Crippen molar-refractivity contribution in [3.05, 3.63) is 45.6 Å². The quantitative estimate of drug-likeness (QED) is 0.707. The third-order valence-corrected chi connectivity index (χ3v) is 6.94. The van der Waals surface area contributed by atoms with Crippen LogP contribution in [0.15, 0.2) is 40.1 Å². The van der Waals surface area contributed by atoms with Gasteiger partial charge in [0.25, 0.3) is 5.91 Å². The summed E-state index contributed by atoms with van der Waals surface area (Å²) in [6.45, 7) is 1.23. The van der Waals surface area contributed by atoms with E-state index in [1.54, 1.807) is 4.90 Å². The van der Waals surface area contributed by atoms with Gasteiger partial charge in [0.05, 0.1) is 23.6 Å². The van der Waals surface area contributed by atoms with E-state index in [1.807, 2.05) is 24.3 Å². The Morgan fingerprint density at radius 2 is 1.96 bits per heavy atom. The first kappa shape index (κ1) is 18.4. The third kappa shape index (κ3) is 3.01. The van der Waals surface area contributed by atoms with Crippen molar-refractivity contribution in [2.24, 2.45) is 5.92 Å². The van der Waals surface area contributed by atoms with Crippen LogP contribution in [-0.4, -0.2) is 41.9 Å². The van der Waals surface area contributed by atoms with Gasteiger partial charge in [0, 0.05) is 17.6 Å². The van der Waals surface area contributed by atoms with Crippen LogP contribution in [0.1, 0.15) is 50.1 Å². The molecule has 6 heteroatoms. The van der Waals surface area contributed by atoms with Crippen LogP contribution in [0.25, 0.3) is 0 Å². The maximum atomic E-state index is 13.5. The molecule has 28 heavy (non-hydrogen) atoms. The second-order valence-electron chi connectivity index (χ2n) is 8.20. The minimum absolute atomic E-state index is 0.0253. The highest BCUT2D eigenvalue weighted by molar-refractivity contribution is 9.10. The number of Topliss-reactive ketones (excluding diaryl/α,β-unsaturated/α-hetero) is 1. The van der Waals surface area contributed by atoms with E-state index < -0.39 is 0 Å². The molecule has 0 aromatic heterocycles. The van der Waals surface area contributed by atoms with E-state index in [9.17, 15) is 9.59 Å². The van der Waals surface area contributed by atoms with Crippen LogP contribution in [0.4, 0.5) is 0 Å². The Kier molecular flexibility index (Phi) is 4.79. The van der Waals surface area contributed by atoms with Gasteiger partial charge in [0.15, 0.2) is 11.5 Å². The number of fused-ring (bicyclic) bond motifs is 1. The molecule has 1 aromatic rings. The molecule has 0 spiro atoms. The maximum Gasteiger partial charge on any atom is 0.290 e. The average molecular weight is 446 g/mol. The van der Waals surface area contributed by atoms with Crippen molar-refractivity contribution >= 4 is 27.6 Å². The largest absolute Gasteiger partial charge is 0.483 e. The smallest absolute Gasteiger partial charge is 0.290 e.